The molecule has 1 aliphatic carbocycles. The van der Waals surface area contributed by atoms with E-state index in [4.69, 9.17) is 14.7 Å². The van der Waals surface area contributed by atoms with E-state index in [1.54, 1.807) is 0 Å². The maximum Gasteiger partial charge on any atom is 0.303 e. The highest BCUT2D eigenvalue weighted by atomic mass is 16.5. The average Bonchev–Trinajstić information content (AvgIpc) is 3.78. The highest BCUT2D eigenvalue weighted by Gasteiger charge is 2.44. The number of rotatable bonds is 11. The summed E-state index contributed by atoms with van der Waals surface area (Å²) in [6, 6.07) is -0.166. The molecule has 8 heteroatoms. The fourth-order valence-electron chi connectivity index (χ4n) is 8.63. The number of nitrogens with one attached hydrogen (secondary N) is 2. The predicted molar refractivity (Wildman–Crippen MR) is 187 cm³/mol. The molecule has 3 N–H and O–H groups in total. The number of allylic oxidation sites excluding steroid dienone is 1. The van der Waals surface area contributed by atoms with E-state index in [1.165, 1.54) is 52.9 Å². The SMILES string of the molecule is CCCCCCOC(C)C1=C(C)C2C=C3N=C(C4CC(=O)c5c4[nH]c(c5C)Cc4[nH]c(c(C)c4CC)CC1=N2)[C@@H](CCC(=O)O)[C@@H]3C. The minimum absolute atomic E-state index is 0.0253. The van der Waals surface area contributed by atoms with E-state index < -0.39 is 5.97 Å². The highest BCUT2D eigenvalue weighted by Crippen LogP contribution is 2.46. The number of unbranched alkanes of at least 4 members (excludes halogenated alkanes) is 3. The van der Waals surface area contributed by atoms with Gasteiger partial charge in [0.15, 0.2) is 5.78 Å². The standard InChI is InChI=1S/C39H52N4O4/c1-8-10-11-12-15-47-24(7)36-22(5)30-17-29-21(4)26(13-14-35(45)46)38(42-29)27-16-34(44)37-23(6)31(43-39(27)37)18-32-25(9-2)20(3)28(40-32)19-33(36)41-30/h17,21,24,26-27,30,40,43H,8-16,18-19H2,1-7H3,(H,45,46)/t21-,24?,26-,27?,30?/m0/s1. The van der Waals surface area contributed by atoms with Gasteiger partial charge in [0, 0.05) is 101 Å². The van der Waals surface area contributed by atoms with Crippen LogP contribution in [0.5, 0.6) is 0 Å². The maximum absolute atomic E-state index is 13.6. The fraction of sp³-hybridized carbons (Fsp3) is 0.590. The second-order valence-corrected chi connectivity index (χ2v) is 14.2. The summed E-state index contributed by atoms with van der Waals surface area (Å²) in [5.41, 5.74) is 14.2. The van der Waals surface area contributed by atoms with Crippen LogP contribution in [0.4, 0.5) is 0 Å². The van der Waals surface area contributed by atoms with Gasteiger partial charge in [-0.05, 0) is 75.3 Å². The summed E-state index contributed by atoms with van der Waals surface area (Å²) in [5, 5.41) is 9.64. The predicted octanol–water partition coefficient (Wildman–Crippen LogP) is 7.92. The van der Waals surface area contributed by atoms with Crippen molar-refractivity contribution in [1.29, 1.82) is 0 Å². The molecule has 8 bridgehead atoms. The fourth-order valence-corrected chi connectivity index (χ4v) is 8.63. The topological polar surface area (TPSA) is 120 Å². The van der Waals surface area contributed by atoms with Crippen molar-refractivity contribution in [1.82, 2.24) is 9.97 Å². The van der Waals surface area contributed by atoms with E-state index in [1.807, 2.05) is 0 Å². The second kappa shape index (κ2) is 13.5. The lowest BCUT2D eigenvalue weighted by atomic mass is 9.81. The number of aliphatic carboxylic acids is 1. The Morgan fingerprint density at radius 2 is 1.83 bits per heavy atom. The van der Waals surface area contributed by atoms with Gasteiger partial charge in [-0.3, -0.25) is 19.6 Å². The van der Waals surface area contributed by atoms with Crippen LogP contribution in [0, 0.1) is 25.7 Å². The number of carboxylic acids is 1. The minimum atomic E-state index is -0.808. The van der Waals surface area contributed by atoms with E-state index in [-0.39, 0.29) is 42.1 Å². The molecule has 0 saturated carbocycles. The lowest BCUT2D eigenvalue weighted by Gasteiger charge is -2.21. The third-order valence-corrected chi connectivity index (χ3v) is 11.3. The largest absolute Gasteiger partial charge is 0.481 e. The Labute approximate surface area is 279 Å². The molecule has 2 aromatic rings. The van der Waals surface area contributed by atoms with Gasteiger partial charge in [-0.1, -0.05) is 40.0 Å². The molecular formula is C39H52N4O4. The molecular weight excluding hydrogens is 588 g/mol. The molecule has 4 aliphatic rings. The Morgan fingerprint density at radius 3 is 2.55 bits per heavy atom. The summed E-state index contributed by atoms with van der Waals surface area (Å²) in [5.74, 6) is -0.863. The molecule has 2 aromatic heterocycles. The summed E-state index contributed by atoms with van der Waals surface area (Å²) in [7, 11) is 0. The van der Waals surface area contributed by atoms with Gasteiger partial charge in [-0.2, -0.15) is 0 Å². The zero-order chi connectivity index (χ0) is 33.6. The lowest BCUT2D eigenvalue weighted by Crippen LogP contribution is -2.23. The molecule has 0 radical (unpaired) electrons. The number of ketones is 1. The Bertz CT molecular complexity index is 1700. The van der Waals surface area contributed by atoms with Crippen LogP contribution >= 0.6 is 0 Å². The first-order chi connectivity index (χ1) is 22.5. The molecule has 0 aromatic carbocycles. The number of carboxylic acid groups (broad SMARTS) is 1. The monoisotopic (exact) mass is 640 g/mol. The van der Waals surface area contributed by atoms with Gasteiger partial charge in [0.25, 0.3) is 0 Å². The van der Waals surface area contributed by atoms with E-state index in [0.29, 0.717) is 25.7 Å². The summed E-state index contributed by atoms with van der Waals surface area (Å²) >= 11 is 0. The van der Waals surface area contributed by atoms with Crippen LogP contribution in [-0.2, 0) is 28.8 Å². The van der Waals surface area contributed by atoms with E-state index in [9.17, 15) is 14.7 Å². The smallest absolute Gasteiger partial charge is 0.303 e. The number of hydrogen-bond acceptors (Lipinski definition) is 5. The number of carbonyl (C=O) groups is 2. The van der Waals surface area contributed by atoms with Crippen molar-refractivity contribution in [2.45, 2.75) is 131 Å². The molecule has 8 nitrogen and oxygen atoms in total. The molecule has 5 atom stereocenters. The Kier molecular flexibility index (Phi) is 9.62. The number of nitrogens with zero attached hydrogens (tertiary/aromatic N) is 2. The van der Waals surface area contributed by atoms with Crippen LogP contribution in [0.1, 0.15) is 135 Å². The number of hydrogen-bond donors (Lipinski definition) is 3. The first-order valence-corrected chi connectivity index (χ1v) is 17.9. The first-order valence-electron chi connectivity index (χ1n) is 17.9. The van der Waals surface area contributed by atoms with Crippen LogP contribution < -0.4 is 0 Å². The second-order valence-electron chi connectivity index (χ2n) is 14.2. The van der Waals surface area contributed by atoms with Crippen molar-refractivity contribution >= 4 is 23.2 Å². The zero-order valence-corrected chi connectivity index (χ0v) is 29.3. The highest BCUT2D eigenvalue weighted by molar-refractivity contribution is 6.10. The van der Waals surface area contributed by atoms with E-state index >= 15 is 0 Å². The summed E-state index contributed by atoms with van der Waals surface area (Å²) in [6.45, 7) is 15.9. The van der Waals surface area contributed by atoms with Gasteiger partial charge in [0.1, 0.15) is 0 Å². The third-order valence-electron chi connectivity index (χ3n) is 11.3. The van der Waals surface area contributed by atoms with Crippen molar-refractivity contribution < 1.29 is 19.4 Å². The molecule has 0 fully saturated rings. The van der Waals surface area contributed by atoms with Crippen molar-refractivity contribution in [3.63, 3.8) is 0 Å². The molecule has 47 heavy (non-hydrogen) atoms. The lowest BCUT2D eigenvalue weighted by molar-refractivity contribution is -0.137. The Hall–Kier alpha value is -3.52. The quantitative estimate of drug-likeness (QED) is 0.216. The van der Waals surface area contributed by atoms with E-state index in [0.717, 1.165) is 59.1 Å². The molecule has 252 valence electrons. The number of carbonyl (C=O) groups excluding carboxylic acids is 1. The molecule has 3 aliphatic heterocycles. The van der Waals surface area contributed by atoms with E-state index in [2.05, 4.69) is 64.5 Å². The van der Waals surface area contributed by atoms with Crippen LogP contribution in [0.2, 0.25) is 0 Å². The normalized spacial score (nSPS) is 24.1. The molecule has 0 saturated heterocycles. The molecule has 0 spiro atoms. The van der Waals surface area contributed by atoms with Gasteiger partial charge in [-0.25, -0.2) is 0 Å². The Morgan fingerprint density at radius 1 is 1.06 bits per heavy atom. The molecule has 6 rings (SSSR count). The van der Waals surface area contributed by atoms with Crippen LogP contribution in [0.15, 0.2) is 32.9 Å². The van der Waals surface area contributed by atoms with Gasteiger partial charge in [-0.15, -0.1) is 0 Å². The summed E-state index contributed by atoms with van der Waals surface area (Å²) in [4.78, 5) is 43.5. The van der Waals surface area contributed by atoms with Crippen LogP contribution in [-0.4, -0.2) is 57.0 Å². The number of aromatic nitrogens is 2. The number of aliphatic imine (C=N–C) groups is 2. The maximum atomic E-state index is 13.6. The zero-order valence-electron chi connectivity index (χ0n) is 29.3. The van der Waals surface area contributed by atoms with Crippen LogP contribution in [0.25, 0.3) is 0 Å². The number of fused-ring (bicyclic) bond motifs is 6. The average molecular weight is 641 g/mol. The number of Topliss-reactive ketones (excluding diaryl/α,β-unsaturated/α-hetero) is 1. The van der Waals surface area contributed by atoms with Gasteiger partial charge >= 0.3 is 5.97 Å². The Balaban J connectivity index is 1.47. The van der Waals surface area contributed by atoms with Crippen molar-refractivity contribution in [2.75, 3.05) is 6.61 Å². The molecule has 5 heterocycles. The van der Waals surface area contributed by atoms with Gasteiger partial charge in [0.05, 0.1) is 12.1 Å². The van der Waals surface area contributed by atoms with Crippen molar-refractivity contribution in [3.8, 4) is 0 Å². The summed E-state index contributed by atoms with van der Waals surface area (Å²) < 4.78 is 6.47. The molecule has 0 amide bonds. The number of ether oxygens (including phenoxy) is 1. The first kappa shape index (κ1) is 33.4. The third kappa shape index (κ3) is 6.14. The number of aromatic amines is 2. The molecule has 3 unspecified atom stereocenters. The van der Waals surface area contributed by atoms with Gasteiger partial charge in [0.2, 0.25) is 0 Å². The minimum Gasteiger partial charge on any atom is -0.481 e. The van der Waals surface area contributed by atoms with Gasteiger partial charge < -0.3 is 19.8 Å². The number of H-pyrrole nitrogens is 2. The van der Waals surface area contributed by atoms with Crippen LogP contribution in [0.3, 0.4) is 0 Å². The summed E-state index contributed by atoms with van der Waals surface area (Å²) in [6.07, 6.45) is 10.0. The van der Waals surface area contributed by atoms with Crippen molar-refractivity contribution in [2.24, 2.45) is 21.8 Å². The van der Waals surface area contributed by atoms with Crippen molar-refractivity contribution in [3.05, 3.63) is 67.9 Å².